The van der Waals surface area contributed by atoms with Crippen molar-refractivity contribution in [2.45, 2.75) is 24.8 Å². The number of anilines is 1. The van der Waals surface area contributed by atoms with Crippen LogP contribution in [0.3, 0.4) is 0 Å². The van der Waals surface area contributed by atoms with Crippen LogP contribution in [0, 0.1) is 11.7 Å². The predicted molar refractivity (Wildman–Crippen MR) is 71.8 cm³/mol. The second-order valence-electron chi connectivity index (χ2n) is 4.56. The highest BCUT2D eigenvalue weighted by Gasteiger charge is 2.30. The van der Waals surface area contributed by atoms with E-state index in [4.69, 9.17) is 5.73 Å². The molecule has 0 aliphatic heterocycles. The van der Waals surface area contributed by atoms with Gasteiger partial charge in [0, 0.05) is 5.69 Å². The van der Waals surface area contributed by atoms with Gasteiger partial charge in [-0.3, -0.25) is 4.79 Å². The van der Waals surface area contributed by atoms with Gasteiger partial charge in [-0.05, 0) is 24.1 Å². The molecule has 0 aromatic heterocycles. The lowest BCUT2D eigenvalue weighted by atomic mass is 10.1. The topological polar surface area (TPSA) is 98.5 Å². The van der Waals surface area contributed by atoms with Crippen molar-refractivity contribution in [3.05, 3.63) is 24.0 Å². The van der Waals surface area contributed by atoms with Crippen LogP contribution in [0.4, 0.5) is 10.1 Å². The highest BCUT2D eigenvalue weighted by atomic mass is 32.2. The molecule has 0 bridgehead atoms. The van der Waals surface area contributed by atoms with E-state index in [0.717, 1.165) is 19.2 Å². The second kappa shape index (κ2) is 6.19. The normalized spacial score (nSPS) is 13.2. The van der Waals surface area contributed by atoms with Crippen LogP contribution < -0.4 is 10.5 Å². The van der Waals surface area contributed by atoms with Crippen molar-refractivity contribution in [1.29, 1.82) is 0 Å². The fourth-order valence-corrected chi connectivity index (χ4v) is 2.99. The van der Waals surface area contributed by atoms with Crippen LogP contribution in [0.25, 0.3) is 0 Å². The third-order valence-electron chi connectivity index (χ3n) is 2.65. The molecule has 0 heterocycles. The number of carbonyl (C=O) groups excluding carboxylic acids is 1. The van der Waals surface area contributed by atoms with E-state index in [-0.39, 0.29) is 11.6 Å². The van der Waals surface area contributed by atoms with Crippen molar-refractivity contribution in [2.24, 2.45) is 5.92 Å². The molecule has 1 atom stereocenters. The van der Waals surface area contributed by atoms with E-state index >= 15 is 0 Å². The summed E-state index contributed by atoms with van der Waals surface area (Å²) < 4.78 is 44.5. The quantitative estimate of drug-likeness (QED) is 0.621. The number of esters is 1. The van der Waals surface area contributed by atoms with Crippen LogP contribution in [0.5, 0.6) is 0 Å². The summed E-state index contributed by atoms with van der Waals surface area (Å²) in [4.78, 5) is 10.9. The molecule has 0 spiro atoms. The predicted octanol–water partition coefficient (Wildman–Crippen LogP) is 0.884. The summed E-state index contributed by atoms with van der Waals surface area (Å²) in [7, 11) is -3.07. The largest absolute Gasteiger partial charge is 0.468 e. The maximum atomic E-state index is 13.6. The standard InChI is InChI=1S/C12H17FN2O4S/c1-7(2)11(12(16)19-3)15-20(17,18)10-6-8(14)4-5-9(10)13/h4-7,11,15H,14H2,1-3H3. The molecule has 6 nitrogen and oxygen atoms in total. The Kier molecular flexibility index (Phi) is 5.07. The number of nitrogens with one attached hydrogen (secondary N) is 1. The third kappa shape index (κ3) is 3.67. The number of sulfonamides is 1. The Balaban J connectivity index is 3.16. The summed E-state index contributed by atoms with van der Waals surface area (Å²) >= 11 is 0. The van der Waals surface area contributed by atoms with Gasteiger partial charge in [0.25, 0.3) is 0 Å². The van der Waals surface area contributed by atoms with Gasteiger partial charge in [0.05, 0.1) is 7.11 Å². The average molecular weight is 304 g/mol. The Hall–Kier alpha value is -1.67. The number of nitrogens with two attached hydrogens (primary N) is 1. The van der Waals surface area contributed by atoms with Crippen molar-refractivity contribution in [2.75, 3.05) is 12.8 Å². The first-order valence-electron chi connectivity index (χ1n) is 5.84. The van der Waals surface area contributed by atoms with Gasteiger partial charge in [-0.2, -0.15) is 4.72 Å². The van der Waals surface area contributed by atoms with E-state index in [2.05, 4.69) is 9.46 Å². The molecule has 0 fully saturated rings. The van der Waals surface area contributed by atoms with Gasteiger partial charge < -0.3 is 10.5 Å². The number of nitrogen functional groups attached to an aromatic ring is 1. The first-order chi connectivity index (χ1) is 9.19. The lowest BCUT2D eigenvalue weighted by Crippen LogP contribution is -2.45. The fourth-order valence-electron chi connectivity index (χ4n) is 1.54. The summed E-state index contributed by atoms with van der Waals surface area (Å²) in [6.45, 7) is 3.28. The first kappa shape index (κ1) is 16.4. The first-order valence-corrected chi connectivity index (χ1v) is 7.32. The molecule has 0 radical (unpaired) electrons. The van der Waals surface area contributed by atoms with Gasteiger partial charge in [0.2, 0.25) is 10.0 Å². The molecule has 1 unspecified atom stereocenters. The summed E-state index contributed by atoms with van der Waals surface area (Å²) in [5, 5.41) is 0. The van der Waals surface area contributed by atoms with Gasteiger partial charge >= 0.3 is 5.97 Å². The molecule has 0 aliphatic carbocycles. The van der Waals surface area contributed by atoms with Crippen LogP contribution in [0.15, 0.2) is 23.1 Å². The zero-order valence-electron chi connectivity index (χ0n) is 11.4. The van der Waals surface area contributed by atoms with Crippen molar-refractivity contribution in [3.63, 3.8) is 0 Å². The van der Waals surface area contributed by atoms with Gasteiger partial charge in [0.15, 0.2) is 0 Å². The monoisotopic (exact) mass is 304 g/mol. The molecule has 0 saturated carbocycles. The molecule has 3 N–H and O–H groups in total. The van der Waals surface area contributed by atoms with Crippen LogP contribution in [-0.2, 0) is 19.6 Å². The molecule has 1 aromatic carbocycles. The molecular weight excluding hydrogens is 287 g/mol. The fraction of sp³-hybridized carbons (Fsp3) is 0.417. The van der Waals surface area contributed by atoms with Crippen LogP contribution in [0.1, 0.15) is 13.8 Å². The van der Waals surface area contributed by atoms with Crippen molar-refractivity contribution in [3.8, 4) is 0 Å². The maximum Gasteiger partial charge on any atom is 0.324 e. The molecule has 8 heteroatoms. The van der Waals surface area contributed by atoms with Crippen LogP contribution >= 0.6 is 0 Å². The highest BCUT2D eigenvalue weighted by molar-refractivity contribution is 7.89. The number of methoxy groups -OCH3 is 1. The Morgan fingerprint density at radius 2 is 2.00 bits per heavy atom. The molecule has 1 aromatic rings. The van der Waals surface area contributed by atoms with E-state index in [9.17, 15) is 17.6 Å². The second-order valence-corrected chi connectivity index (χ2v) is 6.24. The summed E-state index contributed by atoms with van der Waals surface area (Å²) in [6, 6.07) is 2.08. The van der Waals surface area contributed by atoms with Crippen molar-refractivity contribution < 1.29 is 22.3 Å². The Bertz CT molecular complexity index is 601. The zero-order valence-corrected chi connectivity index (χ0v) is 12.2. The smallest absolute Gasteiger partial charge is 0.324 e. The van der Waals surface area contributed by atoms with Crippen molar-refractivity contribution in [1.82, 2.24) is 4.72 Å². The maximum absolute atomic E-state index is 13.6. The summed E-state index contributed by atoms with van der Waals surface area (Å²) in [5.41, 5.74) is 5.55. The van der Waals surface area contributed by atoms with E-state index in [1.165, 1.54) is 6.07 Å². The minimum atomic E-state index is -4.22. The molecule has 1 rings (SSSR count). The van der Waals surface area contributed by atoms with Gasteiger partial charge in [-0.25, -0.2) is 12.8 Å². The number of hydrogen-bond donors (Lipinski definition) is 2. The molecule has 0 saturated heterocycles. The van der Waals surface area contributed by atoms with Crippen LogP contribution in [-0.4, -0.2) is 27.5 Å². The zero-order chi connectivity index (χ0) is 15.5. The number of carbonyl (C=O) groups is 1. The van der Waals surface area contributed by atoms with Gasteiger partial charge in [-0.1, -0.05) is 13.8 Å². The van der Waals surface area contributed by atoms with E-state index in [1.807, 2.05) is 0 Å². The van der Waals surface area contributed by atoms with Gasteiger partial charge in [-0.15, -0.1) is 0 Å². The lowest BCUT2D eigenvalue weighted by molar-refractivity contribution is -0.143. The summed E-state index contributed by atoms with van der Waals surface area (Å²) in [5.74, 6) is -2.05. The minimum absolute atomic E-state index is 0.103. The highest BCUT2D eigenvalue weighted by Crippen LogP contribution is 2.19. The number of hydrogen-bond acceptors (Lipinski definition) is 5. The minimum Gasteiger partial charge on any atom is -0.468 e. The number of halogens is 1. The Morgan fingerprint density at radius 1 is 1.40 bits per heavy atom. The van der Waals surface area contributed by atoms with Crippen LogP contribution in [0.2, 0.25) is 0 Å². The third-order valence-corrected chi connectivity index (χ3v) is 4.10. The lowest BCUT2D eigenvalue weighted by Gasteiger charge is -2.20. The molecule has 112 valence electrons. The number of benzene rings is 1. The summed E-state index contributed by atoms with van der Waals surface area (Å²) in [6.07, 6.45) is 0. The van der Waals surface area contributed by atoms with Gasteiger partial charge in [0.1, 0.15) is 16.8 Å². The van der Waals surface area contributed by atoms with E-state index in [1.54, 1.807) is 13.8 Å². The SMILES string of the molecule is COC(=O)C(NS(=O)(=O)c1cc(N)ccc1F)C(C)C. The molecule has 0 amide bonds. The molecule has 0 aliphatic rings. The Morgan fingerprint density at radius 3 is 2.50 bits per heavy atom. The van der Waals surface area contributed by atoms with Crippen molar-refractivity contribution >= 4 is 21.7 Å². The molecule has 20 heavy (non-hydrogen) atoms. The van der Waals surface area contributed by atoms with E-state index in [0.29, 0.717) is 0 Å². The molecular formula is C12H17FN2O4S. The number of ether oxygens (including phenoxy) is 1. The average Bonchev–Trinajstić information content (AvgIpc) is 2.37. The number of rotatable bonds is 5. The Labute approximate surface area is 117 Å². The van der Waals surface area contributed by atoms with E-state index < -0.39 is 32.7 Å².